The van der Waals surface area contributed by atoms with E-state index in [0.29, 0.717) is 18.7 Å². The average molecular weight is 291 g/mol. The zero-order valence-corrected chi connectivity index (χ0v) is 11.5. The lowest BCUT2D eigenvalue weighted by Gasteiger charge is -2.07. The van der Waals surface area contributed by atoms with Crippen molar-refractivity contribution in [1.82, 2.24) is 5.32 Å². The van der Waals surface area contributed by atoms with E-state index in [4.69, 9.17) is 0 Å². The summed E-state index contributed by atoms with van der Waals surface area (Å²) >= 11 is 0. The third kappa shape index (κ3) is 4.10. The third-order valence-corrected chi connectivity index (χ3v) is 2.99. The smallest absolute Gasteiger partial charge is 0.340 e. The van der Waals surface area contributed by atoms with E-state index in [2.05, 4.69) is 10.1 Å². The first-order valence-electron chi connectivity index (χ1n) is 6.42. The summed E-state index contributed by atoms with van der Waals surface area (Å²) in [6, 6.07) is 10.6. The number of halogens is 2. The van der Waals surface area contributed by atoms with Crippen molar-refractivity contribution in [3.8, 4) is 0 Å². The number of ether oxygens (including phenoxy) is 1. The van der Waals surface area contributed by atoms with Crippen LogP contribution in [0.5, 0.6) is 0 Å². The number of hydrogen-bond acceptors (Lipinski definition) is 3. The molecule has 0 aromatic heterocycles. The summed E-state index contributed by atoms with van der Waals surface area (Å²) in [5, 5.41) is 3.09. The second kappa shape index (κ2) is 6.95. The minimum Gasteiger partial charge on any atom is -0.465 e. The lowest BCUT2D eigenvalue weighted by atomic mass is 10.1. The molecule has 21 heavy (non-hydrogen) atoms. The highest BCUT2D eigenvalue weighted by molar-refractivity contribution is 5.89. The molecule has 0 atom stereocenters. The van der Waals surface area contributed by atoms with Gasteiger partial charge in [0.2, 0.25) is 0 Å². The van der Waals surface area contributed by atoms with Gasteiger partial charge in [0.15, 0.2) is 0 Å². The molecule has 0 spiro atoms. The molecule has 0 aliphatic carbocycles. The maximum Gasteiger partial charge on any atom is 0.340 e. The van der Waals surface area contributed by atoms with Crippen LogP contribution in [0.25, 0.3) is 0 Å². The number of hydrogen-bond donors (Lipinski definition) is 1. The zero-order valence-electron chi connectivity index (χ0n) is 11.5. The quantitative estimate of drug-likeness (QED) is 0.861. The van der Waals surface area contributed by atoms with Crippen molar-refractivity contribution >= 4 is 5.97 Å². The van der Waals surface area contributed by atoms with Gasteiger partial charge in [-0.2, -0.15) is 0 Å². The molecule has 0 heterocycles. The summed E-state index contributed by atoms with van der Waals surface area (Å²) in [6.45, 7) is 0.882. The Hall–Kier alpha value is -2.27. The first kappa shape index (κ1) is 15.1. The Balaban J connectivity index is 1.95. The standard InChI is InChI=1S/C16H15F2NO2/c1-21-16(20)14-6-5-12(8-15(14)18)10-19-9-11-3-2-4-13(17)7-11/h2-8,19H,9-10H2,1H3. The summed E-state index contributed by atoms with van der Waals surface area (Å²) in [7, 11) is 1.20. The fourth-order valence-corrected chi connectivity index (χ4v) is 1.94. The molecule has 110 valence electrons. The number of carbonyl (C=O) groups is 1. The molecule has 0 amide bonds. The maximum atomic E-state index is 13.7. The van der Waals surface area contributed by atoms with Crippen LogP contribution in [0.1, 0.15) is 21.5 Å². The fourth-order valence-electron chi connectivity index (χ4n) is 1.94. The molecule has 2 aromatic carbocycles. The Morgan fingerprint density at radius 1 is 1.10 bits per heavy atom. The van der Waals surface area contributed by atoms with Gasteiger partial charge in [-0.25, -0.2) is 13.6 Å². The molecule has 0 saturated carbocycles. The Morgan fingerprint density at radius 2 is 1.81 bits per heavy atom. The van der Waals surface area contributed by atoms with Gasteiger partial charge < -0.3 is 10.1 Å². The molecule has 5 heteroatoms. The van der Waals surface area contributed by atoms with E-state index >= 15 is 0 Å². The highest BCUT2D eigenvalue weighted by Gasteiger charge is 2.11. The molecule has 0 unspecified atom stereocenters. The highest BCUT2D eigenvalue weighted by atomic mass is 19.1. The number of rotatable bonds is 5. The summed E-state index contributed by atoms with van der Waals surface area (Å²) in [4.78, 5) is 11.3. The van der Waals surface area contributed by atoms with Gasteiger partial charge in [0.25, 0.3) is 0 Å². The first-order valence-corrected chi connectivity index (χ1v) is 6.42. The monoisotopic (exact) mass is 291 g/mol. The van der Waals surface area contributed by atoms with Crippen molar-refractivity contribution < 1.29 is 18.3 Å². The number of benzene rings is 2. The molecule has 0 saturated heterocycles. The van der Waals surface area contributed by atoms with E-state index < -0.39 is 11.8 Å². The minimum atomic E-state index is -0.702. The first-order chi connectivity index (χ1) is 10.1. The number of carbonyl (C=O) groups excluding carboxylic acids is 1. The summed E-state index contributed by atoms with van der Waals surface area (Å²) < 4.78 is 31.2. The Bertz CT molecular complexity index is 644. The van der Waals surface area contributed by atoms with Crippen molar-refractivity contribution in [3.05, 3.63) is 70.8 Å². The van der Waals surface area contributed by atoms with Crippen LogP contribution in [0.2, 0.25) is 0 Å². The van der Waals surface area contributed by atoms with Gasteiger partial charge in [-0.15, -0.1) is 0 Å². The van der Waals surface area contributed by atoms with Gasteiger partial charge in [0, 0.05) is 13.1 Å². The van der Waals surface area contributed by atoms with Gasteiger partial charge >= 0.3 is 5.97 Å². The van der Waals surface area contributed by atoms with Crippen molar-refractivity contribution in [2.45, 2.75) is 13.1 Å². The molecule has 3 nitrogen and oxygen atoms in total. The largest absolute Gasteiger partial charge is 0.465 e. The van der Waals surface area contributed by atoms with Gasteiger partial charge in [-0.3, -0.25) is 0 Å². The number of esters is 1. The predicted molar refractivity (Wildman–Crippen MR) is 74.7 cm³/mol. The van der Waals surface area contributed by atoms with Crippen LogP contribution < -0.4 is 5.32 Å². The molecule has 0 aliphatic rings. The molecule has 0 aliphatic heterocycles. The van der Waals surface area contributed by atoms with Crippen molar-refractivity contribution in [1.29, 1.82) is 0 Å². The van der Waals surface area contributed by atoms with Crippen molar-refractivity contribution in [2.24, 2.45) is 0 Å². The van der Waals surface area contributed by atoms with E-state index in [9.17, 15) is 13.6 Å². The molecule has 0 fully saturated rings. The second-order valence-corrected chi connectivity index (χ2v) is 4.54. The number of methoxy groups -OCH3 is 1. The van der Waals surface area contributed by atoms with E-state index in [-0.39, 0.29) is 11.4 Å². The van der Waals surface area contributed by atoms with Crippen molar-refractivity contribution in [3.63, 3.8) is 0 Å². The zero-order chi connectivity index (χ0) is 15.2. The van der Waals surface area contributed by atoms with E-state index in [1.807, 2.05) is 0 Å². The van der Waals surface area contributed by atoms with Gasteiger partial charge in [0.05, 0.1) is 12.7 Å². The molecule has 2 rings (SSSR count). The molecular weight excluding hydrogens is 276 g/mol. The summed E-state index contributed by atoms with van der Waals surface area (Å²) in [5.74, 6) is -1.61. The van der Waals surface area contributed by atoms with Crippen LogP contribution in [0, 0.1) is 11.6 Å². The Morgan fingerprint density at radius 3 is 2.43 bits per heavy atom. The third-order valence-electron chi connectivity index (χ3n) is 2.99. The van der Waals surface area contributed by atoms with Gasteiger partial charge in [0.1, 0.15) is 11.6 Å². The molecule has 1 N–H and O–H groups in total. The molecule has 0 bridgehead atoms. The van der Waals surface area contributed by atoms with Crippen LogP contribution in [0.4, 0.5) is 8.78 Å². The van der Waals surface area contributed by atoms with Crippen LogP contribution in [0.15, 0.2) is 42.5 Å². The average Bonchev–Trinajstić information content (AvgIpc) is 2.47. The molecule has 0 radical (unpaired) electrons. The molecular formula is C16H15F2NO2. The van der Waals surface area contributed by atoms with Crippen LogP contribution in [0.3, 0.4) is 0 Å². The van der Waals surface area contributed by atoms with E-state index in [1.165, 1.54) is 31.4 Å². The second-order valence-electron chi connectivity index (χ2n) is 4.54. The fraction of sp³-hybridized carbons (Fsp3) is 0.188. The summed E-state index contributed by atoms with van der Waals surface area (Å²) in [5.41, 5.74) is 1.41. The minimum absolute atomic E-state index is 0.0913. The van der Waals surface area contributed by atoms with Gasteiger partial charge in [-0.05, 0) is 35.4 Å². The van der Waals surface area contributed by atoms with Crippen molar-refractivity contribution in [2.75, 3.05) is 7.11 Å². The Labute approximate surface area is 121 Å². The molecule has 2 aromatic rings. The lowest BCUT2D eigenvalue weighted by Crippen LogP contribution is -2.13. The van der Waals surface area contributed by atoms with E-state index in [1.54, 1.807) is 18.2 Å². The maximum absolute atomic E-state index is 13.7. The van der Waals surface area contributed by atoms with E-state index in [0.717, 1.165) is 5.56 Å². The van der Waals surface area contributed by atoms with Crippen LogP contribution >= 0.6 is 0 Å². The Kier molecular flexibility index (Phi) is 5.00. The number of nitrogens with one attached hydrogen (secondary N) is 1. The van der Waals surface area contributed by atoms with Crippen LogP contribution in [-0.2, 0) is 17.8 Å². The summed E-state index contributed by atoms with van der Waals surface area (Å²) in [6.07, 6.45) is 0. The van der Waals surface area contributed by atoms with Crippen LogP contribution in [-0.4, -0.2) is 13.1 Å². The topological polar surface area (TPSA) is 38.3 Å². The SMILES string of the molecule is COC(=O)c1ccc(CNCc2cccc(F)c2)cc1F. The van der Waals surface area contributed by atoms with Gasteiger partial charge in [-0.1, -0.05) is 18.2 Å². The lowest BCUT2D eigenvalue weighted by molar-refractivity contribution is 0.0595. The normalized spacial score (nSPS) is 10.4. The highest BCUT2D eigenvalue weighted by Crippen LogP contribution is 2.12. The predicted octanol–water partition coefficient (Wildman–Crippen LogP) is 3.04.